The van der Waals surface area contributed by atoms with Gasteiger partial charge in [0.1, 0.15) is 5.75 Å². The monoisotopic (exact) mass is 340 g/mol. The Bertz CT molecular complexity index is 556. The second-order valence-electron chi connectivity index (χ2n) is 4.50. The van der Waals surface area contributed by atoms with Crippen LogP contribution in [0.15, 0.2) is 33.4 Å². The van der Waals surface area contributed by atoms with Crippen molar-refractivity contribution in [3.05, 3.63) is 44.6 Å². The van der Waals surface area contributed by atoms with Gasteiger partial charge in [0.05, 0.1) is 10.9 Å². The van der Waals surface area contributed by atoms with Gasteiger partial charge in [-0.3, -0.25) is 4.90 Å². The van der Waals surface area contributed by atoms with Gasteiger partial charge in [0, 0.05) is 30.4 Å². The lowest BCUT2D eigenvalue weighted by Crippen LogP contribution is -2.17. The van der Waals surface area contributed by atoms with Gasteiger partial charge in [-0.1, -0.05) is 6.07 Å². The van der Waals surface area contributed by atoms with Crippen molar-refractivity contribution in [3.63, 3.8) is 0 Å². The number of hydrogen-bond acceptors (Lipinski definition) is 4. The fourth-order valence-electron chi connectivity index (χ4n) is 1.98. The van der Waals surface area contributed by atoms with Crippen LogP contribution in [0.2, 0.25) is 0 Å². The van der Waals surface area contributed by atoms with E-state index in [-0.39, 0.29) is 0 Å². The van der Waals surface area contributed by atoms with Crippen LogP contribution in [0.5, 0.6) is 5.75 Å². The number of nitrogen functional groups attached to an aromatic ring is 1. The molecule has 2 rings (SSSR count). The van der Waals surface area contributed by atoms with E-state index >= 15 is 0 Å². The van der Waals surface area contributed by atoms with E-state index in [1.807, 2.05) is 18.2 Å². The average molecular weight is 341 g/mol. The highest BCUT2D eigenvalue weighted by Crippen LogP contribution is 2.25. The van der Waals surface area contributed by atoms with Crippen LogP contribution in [0, 0.1) is 0 Å². The minimum atomic E-state index is 0.727. The SMILES string of the molecule is COc1cc(N)ccc1CN(C)Cc1csc(Br)c1. The predicted octanol–water partition coefficient (Wildman–Crippen LogP) is 3.73. The van der Waals surface area contributed by atoms with Gasteiger partial charge in [-0.15, -0.1) is 11.3 Å². The number of benzene rings is 1. The molecule has 3 nitrogen and oxygen atoms in total. The maximum Gasteiger partial charge on any atom is 0.125 e. The lowest BCUT2D eigenvalue weighted by Gasteiger charge is -2.18. The Labute approximate surface area is 126 Å². The van der Waals surface area contributed by atoms with Gasteiger partial charge in [-0.2, -0.15) is 0 Å². The lowest BCUT2D eigenvalue weighted by atomic mass is 10.1. The molecular weight excluding hydrogens is 324 g/mol. The summed E-state index contributed by atoms with van der Waals surface area (Å²) in [5, 5.41) is 2.17. The van der Waals surface area contributed by atoms with Crippen LogP contribution in [0.1, 0.15) is 11.1 Å². The van der Waals surface area contributed by atoms with Gasteiger partial charge in [0.2, 0.25) is 0 Å². The van der Waals surface area contributed by atoms with Crippen molar-refractivity contribution in [3.8, 4) is 5.75 Å². The molecule has 1 aromatic heterocycles. The second-order valence-corrected chi connectivity index (χ2v) is 6.79. The van der Waals surface area contributed by atoms with Crippen LogP contribution >= 0.6 is 27.3 Å². The van der Waals surface area contributed by atoms with Gasteiger partial charge in [0.25, 0.3) is 0 Å². The molecule has 0 bridgehead atoms. The van der Waals surface area contributed by atoms with E-state index in [1.165, 1.54) is 9.35 Å². The first-order valence-corrected chi connectivity index (χ1v) is 7.59. The Morgan fingerprint density at radius 2 is 2.11 bits per heavy atom. The zero-order chi connectivity index (χ0) is 13.8. The fraction of sp³-hybridized carbons (Fsp3) is 0.286. The summed E-state index contributed by atoms with van der Waals surface area (Å²) in [6, 6.07) is 7.95. The number of methoxy groups -OCH3 is 1. The highest BCUT2D eigenvalue weighted by atomic mass is 79.9. The molecule has 2 N–H and O–H groups in total. The Morgan fingerprint density at radius 1 is 1.32 bits per heavy atom. The Kier molecular flexibility index (Phi) is 4.85. The van der Waals surface area contributed by atoms with Crippen molar-refractivity contribution in [1.29, 1.82) is 0 Å². The molecule has 0 radical (unpaired) electrons. The van der Waals surface area contributed by atoms with Crippen molar-refractivity contribution >= 4 is 33.0 Å². The van der Waals surface area contributed by atoms with Crippen LogP contribution in [-0.2, 0) is 13.1 Å². The molecule has 1 heterocycles. The van der Waals surface area contributed by atoms with E-state index < -0.39 is 0 Å². The summed E-state index contributed by atoms with van der Waals surface area (Å²) in [6.45, 7) is 1.74. The van der Waals surface area contributed by atoms with E-state index in [0.717, 1.165) is 30.1 Å². The summed E-state index contributed by atoms with van der Waals surface area (Å²) in [6.07, 6.45) is 0. The van der Waals surface area contributed by atoms with E-state index in [1.54, 1.807) is 18.4 Å². The van der Waals surface area contributed by atoms with Crippen molar-refractivity contribution in [2.45, 2.75) is 13.1 Å². The number of thiophene rings is 1. The van der Waals surface area contributed by atoms with E-state index in [9.17, 15) is 0 Å². The quantitative estimate of drug-likeness (QED) is 0.842. The maximum absolute atomic E-state index is 5.76. The minimum absolute atomic E-state index is 0.727. The highest BCUT2D eigenvalue weighted by Gasteiger charge is 2.08. The number of nitrogens with two attached hydrogens (primary N) is 1. The third kappa shape index (κ3) is 3.96. The normalized spacial score (nSPS) is 10.9. The van der Waals surface area contributed by atoms with Crippen LogP contribution in [0.4, 0.5) is 5.69 Å². The molecule has 2 aromatic rings. The first kappa shape index (κ1) is 14.4. The fourth-order valence-corrected chi connectivity index (χ4v) is 3.18. The lowest BCUT2D eigenvalue weighted by molar-refractivity contribution is 0.310. The summed E-state index contributed by atoms with van der Waals surface area (Å²) in [5.74, 6) is 0.846. The molecule has 0 fully saturated rings. The standard InChI is InChI=1S/C14H17BrN2OS/c1-17(7-10-5-14(15)19-9-10)8-11-3-4-12(16)6-13(11)18-2/h3-6,9H,7-8,16H2,1-2H3. The van der Waals surface area contributed by atoms with Crippen LogP contribution in [0.3, 0.4) is 0 Å². The summed E-state index contributed by atoms with van der Waals surface area (Å²) in [4.78, 5) is 2.25. The average Bonchev–Trinajstić information content (AvgIpc) is 2.76. The van der Waals surface area contributed by atoms with Crippen molar-refractivity contribution in [1.82, 2.24) is 4.90 Å². The molecule has 0 unspecified atom stereocenters. The van der Waals surface area contributed by atoms with Gasteiger partial charge in [0.15, 0.2) is 0 Å². The zero-order valence-corrected chi connectivity index (χ0v) is 13.4. The number of ether oxygens (including phenoxy) is 1. The van der Waals surface area contributed by atoms with E-state index in [2.05, 4.69) is 39.3 Å². The Balaban J connectivity index is 2.04. The van der Waals surface area contributed by atoms with Crippen molar-refractivity contribution < 1.29 is 4.74 Å². The molecule has 0 saturated heterocycles. The molecule has 102 valence electrons. The Hall–Kier alpha value is -1.04. The van der Waals surface area contributed by atoms with Crippen LogP contribution in [0.25, 0.3) is 0 Å². The van der Waals surface area contributed by atoms with Gasteiger partial charge < -0.3 is 10.5 Å². The molecule has 5 heteroatoms. The molecule has 0 amide bonds. The molecular formula is C14H17BrN2OS. The topological polar surface area (TPSA) is 38.5 Å². The third-order valence-corrected chi connectivity index (χ3v) is 4.38. The van der Waals surface area contributed by atoms with E-state index in [4.69, 9.17) is 10.5 Å². The van der Waals surface area contributed by atoms with Crippen LogP contribution < -0.4 is 10.5 Å². The maximum atomic E-state index is 5.76. The molecule has 0 spiro atoms. The molecule has 19 heavy (non-hydrogen) atoms. The first-order chi connectivity index (χ1) is 9.08. The molecule has 0 aliphatic heterocycles. The summed E-state index contributed by atoms with van der Waals surface area (Å²) in [7, 11) is 3.77. The zero-order valence-electron chi connectivity index (χ0n) is 11.0. The highest BCUT2D eigenvalue weighted by molar-refractivity contribution is 9.11. The number of hydrogen-bond donors (Lipinski definition) is 1. The molecule has 1 aromatic carbocycles. The summed E-state index contributed by atoms with van der Waals surface area (Å²) >= 11 is 5.20. The number of rotatable bonds is 5. The predicted molar refractivity (Wildman–Crippen MR) is 84.6 cm³/mol. The first-order valence-electron chi connectivity index (χ1n) is 5.92. The van der Waals surface area contributed by atoms with Gasteiger partial charge in [-0.05, 0) is 46.1 Å². The summed E-state index contributed by atoms with van der Waals surface area (Å²) in [5.41, 5.74) is 8.95. The smallest absolute Gasteiger partial charge is 0.125 e. The number of halogens is 1. The second kappa shape index (κ2) is 6.41. The van der Waals surface area contributed by atoms with Crippen molar-refractivity contribution in [2.75, 3.05) is 19.9 Å². The number of nitrogens with zero attached hydrogens (tertiary/aromatic N) is 1. The van der Waals surface area contributed by atoms with Gasteiger partial charge in [-0.25, -0.2) is 0 Å². The van der Waals surface area contributed by atoms with Crippen LogP contribution in [-0.4, -0.2) is 19.1 Å². The number of anilines is 1. The van der Waals surface area contributed by atoms with Gasteiger partial charge >= 0.3 is 0 Å². The largest absolute Gasteiger partial charge is 0.496 e. The van der Waals surface area contributed by atoms with Crippen molar-refractivity contribution in [2.24, 2.45) is 0 Å². The molecule has 0 aliphatic rings. The molecule has 0 atom stereocenters. The Morgan fingerprint density at radius 3 is 2.74 bits per heavy atom. The molecule has 0 saturated carbocycles. The van der Waals surface area contributed by atoms with E-state index in [0.29, 0.717) is 0 Å². The minimum Gasteiger partial charge on any atom is -0.496 e. The third-order valence-electron chi connectivity index (χ3n) is 2.83. The molecule has 0 aliphatic carbocycles. The summed E-state index contributed by atoms with van der Waals surface area (Å²) < 4.78 is 6.54.